The van der Waals surface area contributed by atoms with Gasteiger partial charge < -0.3 is 40.7 Å². The van der Waals surface area contributed by atoms with Crippen molar-refractivity contribution in [3.05, 3.63) is 59.2 Å². The van der Waals surface area contributed by atoms with E-state index in [0.717, 1.165) is 11.1 Å². The smallest absolute Gasteiger partial charge is 0.334 e. The Labute approximate surface area is 350 Å². The van der Waals surface area contributed by atoms with Crippen molar-refractivity contribution in [3.8, 4) is 0 Å². The molecule has 15 nitrogen and oxygen atoms in total. The summed E-state index contributed by atoms with van der Waals surface area (Å²) in [6, 6.07) is 4.45. The summed E-state index contributed by atoms with van der Waals surface area (Å²) >= 11 is 0. The largest absolute Gasteiger partial charge is 0.449 e. The minimum Gasteiger partial charge on any atom is -0.449 e. The zero-order valence-electron chi connectivity index (χ0n) is 37.1. The van der Waals surface area contributed by atoms with E-state index in [0.29, 0.717) is 6.42 Å². The lowest BCUT2D eigenvalue weighted by Crippen LogP contribution is -2.60. The molecule has 59 heavy (non-hydrogen) atoms. The average Bonchev–Trinajstić information content (AvgIpc) is 3.20. The van der Waals surface area contributed by atoms with Crippen LogP contribution in [0.3, 0.4) is 0 Å². The monoisotopic (exact) mass is 827 g/mol. The van der Waals surface area contributed by atoms with Crippen LogP contribution in [0.25, 0.3) is 0 Å². The number of carbonyl (C=O) groups excluding carboxylic acids is 6. The first-order valence-electron chi connectivity index (χ1n) is 20.7. The minimum atomic E-state index is -1.36. The van der Waals surface area contributed by atoms with Crippen molar-refractivity contribution >= 4 is 35.5 Å². The number of nitrogens with one attached hydrogen (secondary N) is 4. The number of likely N-dealkylation sites (N-methyl/N-ethyl adjacent to an activating group) is 2. The van der Waals surface area contributed by atoms with Crippen molar-refractivity contribution in [2.75, 3.05) is 20.6 Å². The quantitative estimate of drug-likeness (QED) is 0.175. The summed E-state index contributed by atoms with van der Waals surface area (Å²) in [6.45, 7) is 17.1. The van der Waals surface area contributed by atoms with Gasteiger partial charge in [0.15, 0.2) is 6.10 Å². The molecule has 0 fully saturated rings. The van der Waals surface area contributed by atoms with E-state index in [1.165, 1.54) is 43.8 Å². The summed E-state index contributed by atoms with van der Waals surface area (Å²) in [5.41, 5.74) is 1.69. The number of rotatable bonds is 7. The molecule has 0 aliphatic carbocycles. The Kier molecular flexibility index (Phi) is 20.4. The Morgan fingerprint density at radius 3 is 2.12 bits per heavy atom. The normalized spacial score (nSPS) is 30.2. The number of aliphatic hydroxyl groups is 2. The van der Waals surface area contributed by atoms with Crippen molar-refractivity contribution in [1.82, 2.24) is 31.1 Å². The molecule has 2 rings (SSSR count). The Bertz CT molecular complexity index is 1650. The highest BCUT2D eigenvalue weighted by atomic mass is 16.5. The molecule has 0 bridgehead atoms. The van der Waals surface area contributed by atoms with Gasteiger partial charge in [-0.25, -0.2) is 4.79 Å². The molecule has 0 aromatic heterocycles. The molecule has 1 aromatic rings. The zero-order chi connectivity index (χ0) is 44.7. The molecule has 330 valence electrons. The van der Waals surface area contributed by atoms with Crippen LogP contribution in [0.4, 0.5) is 0 Å². The predicted octanol–water partition coefficient (Wildman–Crippen LogP) is 2.60. The summed E-state index contributed by atoms with van der Waals surface area (Å²) in [7, 11) is 2.90. The van der Waals surface area contributed by atoms with Gasteiger partial charge in [-0.1, -0.05) is 89.1 Å². The van der Waals surface area contributed by atoms with E-state index >= 15 is 0 Å². The van der Waals surface area contributed by atoms with Gasteiger partial charge in [-0.05, 0) is 64.9 Å². The van der Waals surface area contributed by atoms with Crippen LogP contribution in [-0.4, -0.2) is 125 Å². The van der Waals surface area contributed by atoms with Crippen LogP contribution in [0.15, 0.2) is 53.6 Å². The fourth-order valence-electron chi connectivity index (χ4n) is 6.85. The van der Waals surface area contributed by atoms with Gasteiger partial charge in [-0.3, -0.25) is 29.3 Å². The van der Waals surface area contributed by atoms with Crippen molar-refractivity contribution in [2.24, 2.45) is 17.8 Å². The molecular formula is C44H70N6O9. The zero-order valence-corrected chi connectivity index (χ0v) is 37.1. The Morgan fingerprint density at radius 2 is 1.54 bits per heavy atom. The van der Waals surface area contributed by atoms with Crippen LogP contribution in [0.5, 0.6) is 0 Å². The number of amides is 5. The number of ether oxygens (including phenoxy) is 1. The van der Waals surface area contributed by atoms with Gasteiger partial charge in [0.1, 0.15) is 18.3 Å². The van der Waals surface area contributed by atoms with Crippen molar-refractivity contribution < 1.29 is 43.7 Å². The highest BCUT2D eigenvalue weighted by Crippen LogP contribution is 2.21. The number of benzene rings is 1. The Hall–Kier alpha value is -4.60. The van der Waals surface area contributed by atoms with Crippen LogP contribution in [0, 0.1) is 17.8 Å². The summed E-state index contributed by atoms with van der Waals surface area (Å²) in [6.07, 6.45) is 0.599. The lowest BCUT2D eigenvalue weighted by atomic mass is 9.88. The van der Waals surface area contributed by atoms with E-state index in [1.807, 2.05) is 65.8 Å². The number of cyclic esters (lactones) is 1. The highest BCUT2D eigenvalue weighted by Gasteiger charge is 2.36. The van der Waals surface area contributed by atoms with Gasteiger partial charge >= 0.3 is 5.97 Å². The first-order valence-corrected chi connectivity index (χ1v) is 20.7. The maximum atomic E-state index is 14.2. The van der Waals surface area contributed by atoms with Gasteiger partial charge in [0.05, 0.1) is 30.8 Å². The molecule has 2 unspecified atom stereocenters. The first-order chi connectivity index (χ1) is 27.6. The van der Waals surface area contributed by atoms with Gasteiger partial charge in [-0.15, -0.1) is 0 Å². The van der Waals surface area contributed by atoms with Crippen LogP contribution in [0.1, 0.15) is 94.1 Å². The van der Waals surface area contributed by atoms with Gasteiger partial charge in [0.2, 0.25) is 23.6 Å². The molecule has 10 atom stereocenters. The van der Waals surface area contributed by atoms with E-state index in [9.17, 15) is 39.0 Å². The minimum absolute atomic E-state index is 0.0330. The SMILES string of the molecule is C/C=C(\C)[C@H]1NC(=O)[C@@H](C)NC(O)[C@H](C(C)CC)NC(=O)CN(C)C(=O)[C@@H](Cc2ccccc2)N(C)C(=O)[C@H](C)NC(=O)[C@@H](CC(C)C)OC(=O)/C(C)=C/C[C@@H](O)[C@@H]1C. The summed E-state index contributed by atoms with van der Waals surface area (Å²) in [5.74, 6) is -4.46. The standard InChI is InChI=1S/C44H70N6O9/c1-13-26(5)37-29(8)34(51)21-20-28(7)44(58)59-35(22-25(3)4)40(54)46-31(10)42(56)50(12)33(23-32-18-16-15-17-19-32)43(57)49(11)24-36(52)47-38(27(6)14-2)41(55)45-30(9)39(53)48-37/h13,15-20,25,27,29-31,33-35,37-38,41,45,51,55H,14,21-24H2,1-12H3,(H,46,54)(H,47,52)(H,48,53)/b26-13+,28-20+/t27?,29-,30+,31-,33+,34+,35+,37+,38-,41?/m0/s1. The van der Waals surface area contributed by atoms with Crippen molar-refractivity contribution in [3.63, 3.8) is 0 Å². The molecule has 0 saturated carbocycles. The molecule has 0 spiro atoms. The second-order valence-corrected chi connectivity index (χ2v) is 16.5. The maximum absolute atomic E-state index is 14.2. The van der Waals surface area contributed by atoms with Gasteiger partial charge in [0, 0.05) is 32.0 Å². The van der Waals surface area contributed by atoms with E-state index in [-0.39, 0.29) is 36.7 Å². The van der Waals surface area contributed by atoms with Crippen LogP contribution in [0.2, 0.25) is 0 Å². The number of carbonyl (C=O) groups is 6. The summed E-state index contributed by atoms with van der Waals surface area (Å²) in [4.78, 5) is 84.7. The molecule has 0 radical (unpaired) electrons. The molecular weight excluding hydrogens is 757 g/mol. The molecule has 1 aliphatic heterocycles. The fourth-order valence-corrected chi connectivity index (χ4v) is 6.85. The van der Waals surface area contributed by atoms with Crippen LogP contribution < -0.4 is 21.3 Å². The fraction of sp³-hybridized carbons (Fsp3) is 0.636. The topological polar surface area (TPSA) is 207 Å². The molecule has 15 heteroatoms. The van der Waals surface area contributed by atoms with E-state index in [2.05, 4.69) is 21.3 Å². The molecule has 0 saturated heterocycles. The van der Waals surface area contributed by atoms with E-state index in [4.69, 9.17) is 4.74 Å². The predicted molar refractivity (Wildman–Crippen MR) is 226 cm³/mol. The van der Waals surface area contributed by atoms with E-state index < -0.39 is 96.6 Å². The second kappa shape index (κ2) is 23.9. The van der Waals surface area contributed by atoms with Crippen molar-refractivity contribution in [2.45, 2.75) is 144 Å². The molecule has 5 amide bonds. The number of hydrogen-bond acceptors (Lipinski definition) is 10. The second-order valence-electron chi connectivity index (χ2n) is 16.5. The van der Waals surface area contributed by atoms with Crippen molar-refractivity contribution in [1.29, 1.82) is 0 Å². The first kappa shape index (κ1) is 50.5. The lowest BCUT2D eigenvalue weighted by molar-refractivity contribution is -0.154. The highest BCUT2D eigenvalue weighted by molar-refractivity contribution is 5.95. The molecule has 1 heterocycles. The summed E-state index contributed by atoms with van der Waals surface area (Å²) < 4.78 is 5.68. The number of allylic oxidation sites excluding steroid dienone is 1. The average molecular weight is 827 g/mol. The summed E-state index contributed by atoms with van der Waals surface area (Å²) in [5, 5.41) is 34.1. The number of aliphatic hydroxyl groups excluding tert-OH is 2. The molecule has 1 aromatic carbocycles. The van der Waals surface area contributed by atoms with Crippen LogP contribution >= 0.6 is 0 Å². The van der Waals surface area contributed by atoms with Gasteiger partial charge in [-0.2, -0.15) is 0 Å². The molecule has 6 N–H and O–H groups in total. The third-order valence-corrected chi connectivity index (χ3v) is 11.2. The Morgan fingerprint density at radius 1 is 0.915 bits per heavy atom. The Balaban J connectivity index is 2.61. The van der Waals surface area contributed by atoms with Crippen LogP contribution in [-0.2, 0) is 39.9 Å². The third-order valence-electron chi connectivity index (χ3n) is 11.2. The maximum Gasteiger partial charge on any atom is 0.334 e. The lowest BCUT2D eigenvalue weighted by Gasteiger charge is -2.34. The number of nitrogens with zero attached hydrogens (tertiary/aromatic N) is 2. The van der Waals surface area contributed by atoms with E-state index in [1.54, 1.807) is 26.0 Å². The van der Waals surface area contributed by atoms with Gasteiger partial charge in [0.25, 0.3) is 5.91 Å². The molecule has 1 aliphatic rings. The third kappa shape index (κ3) is 15.2. The number of esters is 1. The number of hydrogen-bond donors (Lipinski definition) is 6.